The number of nitrogens with zero attached hydrogens (tertiary/aromatic N) is 3. The molecule has 0 unspecified atom stereocenters. The van der Waals surface area contributed by atoms with Crippen molar-refractivity contribution >= 4 is 28.6 Å². The van der Waals surface area contributed by atoms with Crippen molar-refractivity contribution in [3.05, 3.63) is 71.0 Å². The molecule has 2 heterocycles. The topological polar surface area (TPSA) is 93.4 Å². The quantitative estimate of drug-likeness (QED) is 0.293. The van der Waals surface area contributed by atoms with Gasteiger partial charge >= 0.3 is 6.09 Å². The number of carbonyl (C=O) groups is 1. The Labute approximate surface area is 221 Å². The number of aromatic nitrogens is 2. The number of nitrogens with one attached hydrogen (secondary N) is 1. The summed E-state index contributed by atoms with van der Waals surface area (Å²) in [6.45, 7) is 9.26. The van der Waals surface area contributed by atoms with Crippen molar-refractivity contribution < 1.29 is 13.9 Å². The predicted molar refractivity (Wildman–Crippen MR) is 149 cm³/mol. The average Bonchev–Trinajstić information content (AvgIpc) is 3.52. The van der Waals surface area contributed by atoms with Gasteiger partial charge < -0.3 is 20.7 Å². The molecule has 1 aromatic heterocycles. The maximum atomic E-state index is 14.7. The molecule has 0 atom stereocenters. The Balaban J connectivity index is 0.000000323. The van der Waals surface area contributed by atoms with Crippen LogP contribution in [0.5, 0.6) is 0 Å². The van der Waals surface area contributed by atoms with Gasteiger partial charge in [0.1, 0.15) is 11.4 Å². The molecule has 0 fully saturated rings. The van der Waals surface area contributed by atoms with Crippen molar-refractivity contribution in [2.45, 2.75) is 46.3 Å². The number of anilines is 2. The number of halogens is 1. The summed E-state index contributed by atoms with van der Waals surface area (Å²) in [4.78, 5) is 21.8. The zero-order valence-corrected chi connectivity index (χ0v) is 22.4. The molecular weight excluding hydrogens is 481 g/mol. The van der Waals surface area contributed by atoms with Gasteiger partial charge in [0.2, 0.25) is 5.95 Å². The molecule has 3 N–H and O–H groups in total. The van der Waals surface area contributed by atoms with E-state index in [0.717, 1.165) is 58.5 Å². The van der Waals surface area contributed by atoms with Crippen LogP contribution in [0.1, 0.15) is 37.5 Å². The van der Waals surface area contributed by atoms with Gasteiger partial charge in [-0.25, -0.2) is 19.2 Å². The highest BCUT2D eigenvalue weighted by Crippen LogP contribution is 2.49. The van der Waals surface area contributed by atoms with Gasteiger partial charge in [0.15, 0.2) is 0 Å². The fourth-order valence-corrected chi connectivity index (χ4v) is 4.88. The number of nitrogens with two attached hydrogens (primary N) is 1. The second-order valence-electron chi connectivity index (χ2n) is 10.8. The van der Waals surface area contributed by atoms with Gasteiger partial charge in [-0.15, -0.1) is 0 Å². The fraction of sp³-hybridized carbons (Fsp3) is 0.300. The lowest BCUT2D eigenvalue weighted by molar-refractivity contribution is 0.0600. The number of carbonyl (C=O) groups excluding carboxylic acids is 1. The summed E-state index contributed by atoms with van der Waals surface area (Å²) in [6, 6.07) is 15.6. The van der Waals surface area contributed by atoms with E-state index in [0.29, 0.717) is 11.5 Å². The average molecular weight is 514 g/mol. The number of aryl methyl sites for hydroxylation is 1. The first kappa shape index (κ1) is 25.6. The molecule has 0 spiro atoms. The molecule has 4 aromatic rings. The molecule has 38 heavy (non-hydrogen) atoms. The molecule has 196 valence electrons. The van der Waals surface area contributed by atoms with Crippen molar-refractivity contribution in [2.75, 3.05) is 18.9 Å². The van der Waals surface area contributed by atoms with Crippen molar-refractivity contribution in [3.63, 3.8) is 0 Å². The SMILES string of the molecule is CC(C)(C)OC(N)=O.Cc1cccc(F)c1-c1ccc2c3c-2nc(Nc2ccc4c(c2)CN(C)CC4)nc13. The number of ether oxygens (including phenoxy) is 1. The van der Waals surface area contributed by atoms with E-state index in [-0.39, 0.29) is 5.82 Å². The molecule has 1 aliphatic carbocycles. The van der Waals surface area contributed by atoms with Crippen LogP contribution >= 0.6 is 0 Å². The largest absolute Gasteiger partial charge is 0.444 e. The van der Waals surface area contributed by atoms with Gasteiger partial charge in [0.25, 0.3) is 0 Å². The molecule has 2 aliphatic rings. The highest BCUT2D eigenvalue weighted by Gasteiger charge is 2.29. The number of likely N-dealkylation sites (N-methyl/N-ethyl adjacent to an activating group) is 1. The van der Waals surface area contributed by atoms with Crippen LogP contribution in [0.4, 0.5) is 20.8 Å². The highest BCUT2D eigenvalue weighted by molar-refractivity contribution is 6.21. The summed E-state index contributed by atoms with van der Waals surface area (Å²) in [7, 11) is 2.15. The Morgan fingerprint density at radius 3 is 2.53 bits per heavy atom. The normalized spacial score (nSPS) is 13.8. The molecule has 1 amide bonds. The number of hydrogen-bond acceptors (Lipinski definition) is 6. The van der Waals surface area contributed by atoms with E-state index >= 15 is 0 Å². The van der Waals surface area contributed by atoms with Gasteiger partial charge in [-0.1, -0.05) is 30.3 Å². The lowest BCUT2D eigenvalue weighted by Crippen LogP contribution is -2.27. The Morgan fingerprint density at radius 1 is 1.08 bits per heavy atom. The lowest BCUT2D eigenvalue weighted by Gasteiger charge is -2.25. The van der Waals surface area contributed by atoms with E-state index in [1.807, 2.05) is 25.1 Å². The van der Waals surface area contributed by atoms with Crippen LogP contribution in [-0.2, 0) is 17.7 Å². The first-order chi connectivity index (χ1) is 18.0. The molecule has 6 rings (SSSR count). The zero-order chi connectivity index (χ0) is 27.2. The first-order valence-corrected chi connectivity index (χ1v) is 12.7. The number of benzene rings is 3. The standard InChI is InChI=1S/C25H21FN4.C5H11NO2/c1-14-4-3-5-20(26)21(14)18-8-9-19-22-23(18)28-25(29-24(19)22)27-17-7-6-15-10-11-30(2)13-16(15)12-17;1-5(2,3)8-4(6)7/h3-9,12H,10-11,13H2,1-2H3,(H,27,28,29);1-3H3,(H2,6,7). The number of hydrogen-bond donors (Lipinski definition) is 2. The van der Waals surface area contributed by atoms with Crippen LogP contribution < -0.4 is 11.1 Å². The van der Waals surface area contributed by atoms with Gasteiger partial charge in [-0.05, 0) is 76.1 Å². The van der Waals surface area contributed by atoms with E-state index in [4.69, 9.17) is 10.7 Å². The van der Waals surface area contributed by atoms with Gasteiger partial charge in [-0.2, -0.15) is 0 Å². The highest BCUT2D eigenvalue weighted by atomic mass is 19.1. The molecule has 0 saturated carbocycles. The fourth-order valence-electron chi connectivity index (χ4n) is 4.88. The number of primary amides is 1. The third-order valence-electron chi connectivity index (χ3n) is 6.61. The monoisotopic (exact) mass is 513 g/mol. The minimum absolute atomic E-state index is 0.223. The summed E-state index contributed by atoms with van der Waals surface area (Å²) in [5.41, 5.74) is 13.2. The van der Waals surface area contributed by atoms with E-state index in [2.05, 4.69) is 45.2 Å². The van der Waals surface area contributed by atoms with Crippen molar-refractivity contribution in [1.29, 1.82) is 0 Å². The van der Waals surface area contributed by atoms with Crippen LogP contribution in [0.2, 0.25) is 0 Å². The van der Waals surface area contributed by atoms with E-state index in [1.165, 1.54) is 17.2 Å². The summed E-state index contributed by atoms with van der Waals surface area (Å²) >= 11 is 0. The van der Waals surface area contributed by atoms with Crippen LogP contribution in [0, 0.1) is 12.7 Å². The maximum Gasteiger partial charge on any atom is 0.405 e. The zero-order valence-electron chi connectivity index (χ0n) is 22.4. The molecular formula is C30H32FN5O2. The molecule has 7 nitrogen and oxygen atoms in total. The first-order valence-electron chi connectivity index (χ1n) is 12.7. The number of rotatable bonds is 3. The van der Waals surface area contributed by atoms with Crippen LogP contribution in [-0.4, -0.2) is 40.2 Å². The third-order valence-corrected chi connectivity index (χ3v) is 6.61. The number of amides is 1. The maximum absolute atomic E-state index is 14.7. The van der Waals surface area contributed by atoms with Crippen molar-refractivity contribution in [1.82, 2.24) is 14.9 Å². The van der Waals surface area contributed by atoms with Crippen LogP contribution in [0.3, 0.4) is 0 Å². The molecule has 0 saturated heterocycles. The van der Waals surface area contributed by atoms with Crippen LogP contribution in [0.25, 0.3) is 33.3 Å². The lowest BCUT2D eigenvalue weighted by atomic mass is 9.99. The second-order valence-corrected chi connectivity index (χ2v) is 10.8. The molecule has 0 radical (unpaired) electrons. The van der Waals surface area contributed by atoms with Gasteiger partial charge in [-0.3, -0.25) is 0 Å². The van der Waals surface area contributed by atoms with E-state index < -0.39 is 11.7 Å². The van der Waals surface area contributed by atoms with Gasteiger partial charge in [0.05, 0.1) is 11.2 Å². The van der Waals surface area contributed by atoms with Crippen LogP contribution in [0.15, 0.2) is 48.5 Å². The molecule has 1 aliphatic heterocycles. The minimum Gasteiger partial charge on any atom is -0.444 e. The Morgan fingerprint density at radius 2 is 1.84 bits per heavy atom. The summed E-state index contributed by atoms with van der Waals surface area (Å²) < 4.78 is 19.2. The van der Waals surface area contributed by atoms with E-state index in [1.54, 1.807) is 26.8 Å². The van der Waals surface area contributed by atoms with Crippen molar-refractivity contribution in [3.8, 4) is 22.4 Å². The Kier molecular flexibility index (Phi) is 6.53. The molecule has 3 aromatic carbocycles. The smallest absolute Gasteiger partial charge is 0.405 e. The summed E-state index contributed by atoms with van der Waals surface area (Å²) in [5, 5.41) is 4.43. The molecule has 8 heteroatoms. The summed E-state index contributed by atoms with van der Waals surface area (Å²) in [6.07, 6.45) is 0.355. The number of fused-ring (bicyclic) bond motifs is 2. The predicted octanol–water partition coefficient (Wildman–Crippen LogP) is 6.34. The van der Waals surface area contributed by atoms with Crippen molar-refractivity contribution in [2.24, 2.45) is 5.73 Å². The molecule has 0 bridgehead atoms. The second kappa shape index (κ2) is 9.68. The summed E-state index contributed by atoms with van der Waals surface area (Å²) in [5.74, 6) is 0.331. The Hall–Kier alpha value is -4.04. The third kappa shape index (κ3) is 5.31. The van der Waals surface area contributed by atoms with Gasteiger partial charge in [0, 0.05) is 40.9 Å². The Bertz CT molecular complexity index is 1540. The van der Waals surface area contributed by atoms with E-state index in [9.17, 15) is 9.18 Å². The minimum atomic E-state index is -0.725.